The van der Waals surface area contributed by atoms with Crippen LogP contribution in [0.2, 0.25) is 0 Å². The third-order valence-corrected chi connectivity index (χ3v) is 6.09. The largest absolute Gasteiger partial charge is 0.491 e. The number of nitrogens with one attached hydrogen (secondary N) is 1. The number of carbonyl (C=O) groups excluding carboxylic acids is 5. The van der Waals surface area contributed by atoms with Gasteiger partial charge in [0.05, 0.1) is 17.2 Å². The van der Waals surface area contributed by atoms with Crippen LogP contribution in [0.3, 0.4) is 0 Å². The number of hydrogen-bond acceptors (Lipinski definition) is 7. The second kappa shape index (κ2) is 6.48. The number of rotatable bonds is 1. The maximum absolute atomic E-state index is 13.2. The van der Waals surface area contributed by atoms with Crippen LogP contribution in [0.4, 0.5) is 0 Å². The van der Waals surface area contributed by atoms with Gasteiger partial charge in [-0.3, -0.25) is 39.1 Å². The van der Waals surface area contributed by atoms with E-state index in [1.807, 2.05) is 0 Å². The number of amides is 4. The second-order valence-electron chi connectivity index (χ2n) is 7.85. The quantitative estimate of drug-likeness (QED) is 0.665. The van der Waals surface area contributed by atoms with Crippen molar-refractivity contribution in [3.63, 3.8) is 0 Å². The van der Waals surface area contributed by atoms with E-state index in [0.29, 0.717) is 31.7 Å². The van der Waals surface area contributed by atoms with Crippen LogP contribution in [0.15, 0.2) is 12.1 Å². The van der Waals surface area contributed by atoms with E-state index in [1.165, 1.54) is 0 Å². The second-order valence-corrected chi connectivity index (χ2v) is 7.85. The Labute approximate surface area is 166 Å². The van der Waals surface area contributed by atoms with Gasteiger partial charge in [-0.15, -0.1) is 0 Å². The van der Waals surface area contributed by atoms with E-state index in [0.717, 1.165) is 10.5 Å². The van der Waals surface area contributed by atoms with Crippen molar-refractivity contribution < 1.29 is 28.7 Å². The van der Waals surface area contributed by atoms with Crippen LogP contribution < -0.4 is 10.1 Å². The molecule has 5 rings (SSSR count). The zero-order chi connectivity index (χ0) is 20.3. The van der Waals surface area contributed by atoms with E-state index in [-0.39, 0.29) is 42.4 Å². The number of ketones is 1. The first-order valence-corrected chi connectivity index (χ1v) is 9.70. The number of ether oxygens (including phenoxy) is 1. The summed E-state index contributed by atoms with van der Waals surface area (Å²) >= 11 is 0. The van der Waals surface area contributed by atoms with Crippen LogP contribution in [0.1, 0.15) is 52.0 Å². The Morgan fingerprint density at radius 3 is 2.66 bits per heavy atom. The van der Waals surface area contributed by atoms with Gasteiger partial charge < -0.3 is 4.74 Å². The zero-order valence-corrected chi connectivity index (χ0v) is 15.6. The zero-order valence-electron chi connectivity index (χ0n) is 15.6. The van der Waals surface area contributed by atoms with Gasteiger partial charge >= 0.3 is 0 Å². The van der Waals surface area contributed by atoms with Crippen molar-refractivity contribution in [2.45, 2.75) is 44.3 Å². The van der Waals surface area contributed by atoms with E-state index in [4.69, 9.17) is 4.74 Å². The van der Waals surface area contributed by atoms with Gasteiger partial charge in [-0.2, -0.15) is 0 Å². The normalized spacial score (nSPS) is 27.0. The van der Waals surface area contributed by atoms with Crippen molar-refractivity contribution in [1.82, 2.24) is 15.1 Å². The molecule has 0 aromatic heterocycles. The molecule has 4 aliphatic heterocycles. The maximum Gasteiger partial charge on any atom is 0.266 e. The predicted octanol–water partition coefficient (Wildman–Crippen LogP) is 0.0137. The fourth-order valence-electron chi connectivity index (χ4n) is 4.58. The fraction of sp³-hybridized carbons (Fsp3) is 0.450. The standard InChI is InChI=1S/C20H19N3O6/c24-12-5-6-22-8-10-1-2-13-16(17(10)29-9-11(22)7-12)20(28)23(19(13)27)14-3-4-15(25)21-18(14)26/h1-2,11,14H,3-9H2,(H,21,25,26)/t11-,14?/m1/s1. The minimum absolute atomic E-state index is 0.0576. The van der Waals surface area contributed by atoms with Crippen molar-refractivity contribution in [3.8, 4) is 5.75 Å². The number of imide groups is 2. The Bertz CT molecular complexity index is 987. The summed E-state index contributed by atoms with van der Waals surface area (Å²) in [7, 11) is 0. The molecule has 150 valence electrons. The smallest absolute Gasteiger partial charge is 0.266 e. The highest BCUT2D eigenvalue weighted by Crippen LogP contribution is 2.38. The molecule has 2 fully saturated rings. The van der Waals surface area contributed by atoms with Gasteiger partial charge in [0.15, 0.2) is 0 Å². The molecule has 0 aliphatic carbocycles. The van der Waals surface area contributed by atoms with Gasteiger partial charge in [-0.05, 0) is 12.5 Å². The number of Topliss-reactive ketones (excluding diaryl/α,β-unsaturated/α-hetero) is 1. The van der Waals surface area contributed by atoms with Gasteiger partial charge in [-0.1, -0.05) is 6.07 Å². The van der Waals surface area contributed by atoms with E-state index in [9.17, 15) is 24.0 Å². The minimum Gasteiger partial charge on any atom is -0.491 e. The number of benzene rings is 1. The average molecular weight is 397 g/mol. The first-order chi connectivity index (χ1) is 13.9. The molecule has 4 amide bonds. The van der Waals surface area contributed by atoms with Gasteiger partial charge in [0, 0.05) is 37.9 Å². The van der Waals surface area contributed by atoms with Crippen molar-refractivity contribution in [1.29, 1.82) is 0 Å². The molecule has 4 aliphatic rings. The maximum atomic E-state index is 13.2. The molecule has 2 saturated heterocycles. The third kappa shape index (κ3) is 2.76. The van der Waals surface area contributed by atoms with Crippen molar-refractivity contribution >= 4 is 29.4 Å². The Morgan fingerprint density at radius 2 is 1.86 bits per heavy atom. The molecule has 1 aromatic carbocycles. The summed E-state index contributed by atoms with van der Waals surface area (Å²) in [4.78, 5) is 64.7. The molecule has 1 unspecified atom stereocenters. The van der Waals surface area contributed by atoms with E-state index >= 15 is 0 Å². The Hall–Kier alpha value is -3.07. The molecule has 29 heavy (non-hydrogen) atoms. The fourth-order valence-corrected chi connectivity index (χ4v) is 4.58. The molecule has 1 aromatic rings. The van der Waals surface area contributed by atoms with E-state index in [2.05, 4.69) is 10.2 Å². The van der Waals surface area contributed by atoms with Crippen LogP contribution in [-0.2, 0) is 20.9 Å². The SMILES string of the molecule is O=C1CCN2Cc3ccc4c(c3OC[C@H]2C1)C(=O)N(C1CCC(=O)NC1=O)C4=O. The number of piperidine rings is 2. The van der Waals surface area contributed by atoms with Crippen molar-refractivity contribution in [2.75, 3.05) is 13.2 Å². The summed E-state index contributed by atoms with van der Waals surface area (Å²) in [6, 6.07) is 2.30. The minimum atomic E-state index is -1.01. The summed E-state index contributed by atoms with van der Waals surface area (Å²) in [5.74, 6) is -1.63. The molecular formula is C20H19N3O6. The van der Waals surface area contributed by atoms with Crippen molar-refractivity contribution in [3.05, 3.63) is 28.8 Å². The molecule has 1 N–H and O–H groups in total. The van der Waals surface area contributed by atoms with Crippen LogP contribution in [-0.4, -0.2) is 64.4 Å². The molecule has 0 saturated carbocycles. The van der Waals surface area contributed by atoms with E-state index in [1.54, 1.807) is 12.1 Å². The highest BCUT2D eigenvalue weighted by molar-refractivity contribution is 6.24. The lowest BCUT2D eigenvalue weighted by Crippen LogP contribution is -2.54. The first kappa shape index (κ1) is 18.0. The average Bonchev–Trinajstić information content (AvgIpc) is 2.83. The van der Waals surface area contributed by atoms with Gasteiger partial charge in [0.1, 0.15) is 24.2 Å². The highest BCUT2D eigenvalue weighted by Gasteiger charge is 2.47. The van der Waals surface area contributed by atoms with Gasteiger partial charge in [0.25, 0.3) is 11.8 Å². The Kier molecular flexibility index (Phi) is 4.02. The monoisotopic (exact) mass is 397 g/mol. The van der Waals surface area contributed by atoms with Crippen LogP contribution >= 0.6 is 0 Å². The highest BCUT2D eigenvalue weighted by atomic mass is 16.5. The van der Waals surface area contributed by atoms with Crippen molar-refractivity contribution in [2.24, 2.45) is 0 Å². The van der Waals surface area contributed by atoms with Gasteiger partial charge in [-0.25, -0.2) is 0 Å². The Balaban J connectivity index is 1.50. The molecule has 4 heterocycles. The summed E-state index contributed by atoms with van der Waals surface area (Å²) < 4.78 is 5.96. The molecule has 9 heteroatoms. The third-order valence-electron chi connectivity index (χ3n) is 6.09. The Morgan fingerprint density at radius 1 is 1.03 bits per heavy atom. The van der Waals surface area contributed by atoms with Crippen LogP contribution in [0.25, 0.3) is 0 Å². The summed E-state index contributed by atoms with van der Waals surface area (Å²) in [6.07, 6.45) is 1.09. The van der Waals surface area contributed by atoms with E-state index < -0.39 is 29.7 Å². The topological polar surface area (TPSA) is 113 Å². The number of fused-ring (bicyclic) bond motifs is 4. The predicted molar refractivity (Wildman–Crippen MR) is 97.0 cm³/mol. The molecule has 9 nitrogen and oxygen atoms in total. The molecular weight excluding hydrogens is 378 g/mol. The van der Waals surface area contributed by atoms with Crippen LogP contribution in [0, 0.1) is 0 Å². The number of nitrogens with zero attached hydrogens (tertiary/aromatic N) is 2. The molecule has 0 bridgehead atoms. The summed E-state index contributed by atoms with van der Waals surface area (Å²) in [5.41, 5.74) is 1.16. The number of carbonyl (C=O) groups is 5. The molecule has 0 radical (unpaired) electrons. The lowest BCUT2D eigenvalue weighted by molar-refractivity contribution is -0.136. The lowest BCUT2D eigenvalue weighted by atomic mass is 10.00. The number of hydrogen-bond donors (Lipinski definition) is 1. The van der Waals surface area contributed by atoms with Crippen LogP contribution in [0.5, 0.6) is 5.75 Å². The van der Waals surface area contributed by atoms with Gasteiger partial charge in [0.2, 0.25) is 11.8 Å². The molecule has 0 spiro atoms. The lowest BCUT2D eigenvalue weighted by Gasteiger charge is -2.32. The first-order valence-electron chi connectivity index (χ1n) is 9.70. The summed E-state index contributed by atoms with van der Waals surface area (Å²) in [5, 5.41) is 2.19. The molecule has 2 atom stereocenters. The summed E-state index contributed by atoms with van der Waals surface area (Å²) in [6.45, 7) is 1.42.